The summed E-state index contributed by atoms with van der Waals surface area (Å²) in [5, 5.41) is 0.612. The number of carbonyl (C=O) groups excluding carboxylic acids is 1. The molecule has 5 rings (SSSR count). The quantitative estimate of drug-likeness (QED) is 0.512. The van der Waals surface area contributed by atoms with Gasteiger partial charge in [-0.05, 0) is 37.3 Å². The molecule has 0 aliphatic carbocycles. The number of amides is 1. The van der Waals surface area contributed by atoms with Gasteiger partial charge in [-0.3, -0.25) is 14.0 Å². The molecule has 1 amide bonds. The molecule has 0 saturated carbocycles. The number of carbonyl (C=O) groups is 1. The maximum Gasteiger partial charge on any atom is 0.272 e. The molecule has 1 fully saturated rings. The molecule has 0 unspecified atom stereocenters. The maximum absolute atomic E-state index is 13.2. The summed E-state index contributed by atoms with van der Waals surface area (Å²) >= 11 is 0. The molecular formula is C22H22N6O2. The number of anilines is 1. The van der Waals surface area contributed by atoms with Gasteiger partial charge in [-0.1, -0.05) is 6.07 Å². The molecule has 30 heavy (non-hydrogen) atoms. The second-order valence-electron chi connectivity index (χ2n) is 7.62. The van der Waals surface area contributed by atoms with E-state index in [4.69, 9.17) is 0 Å². The second kappa shape index (κ2) is 6.98. The predicted molar refractivity (Wildman–Crippen MR) is 115 cm³/mol. The van der Waals surface area contributed by atoms with Crippen LogP contribution in [0.25, 0.3) is 16.6 Å². The number of imidazole rings is 1. The van der Waals surface area contributed by atoms with Crippen LogP contribution in [-0.4, -0.2) is 55.9 Å². The lowest BCUT2D eigenvalue weighted by molar-refractivity contribution is 0.0739. The van der Waals surface area contributed by atoms with Crippen molar-refractivity contribution in [3.05, 3.63) is 70.7 Å². The average molecular weight is 402 g/mol. The number of benzene rings is 1. The molecule has 8 nitrogen and oxygen atoms in total. The van der Waals surface area contributed by atoms with Gasteiger partial charge in [0.2, 0.25) is 0 Å². The van der Waals surface area contributed by atoms with Crippen molar-refractivity contribution < 1.29 is 4.79 Å². The van der Waals surface area contributed by atoms with E-state index in [1.165, 1.54) is 4.57 Å². The highest BCUT2D eigenvalue weighted by Gasteiger charge is 2.26. The molecule has 0 radical (unpaired) electrons. The van der Waals surface area contributed by atoms with Crippen molar-refractivity contribution in [3.63, 3.8) is 0 Å². The maximum atomic E-state index is 13.2. The molecule has 1 saturated heterocycles. The van der Waals surface area contributed by atoms with Gasteiger partial charge in [0, 0.05) is 45.1 Å². The molecule has 0 N–H and O–H groups in total. The first-order valence-electron chi connectivity index (χ1n) is 9.96. The molecule has 3 aromatic heterocycles. The standard InChI is InChI=1S/C22H22N6O2/c1-15-20(28-8-4-3-5-19(28)24-15)22(30)27-11-9-26(10-12-27)16-6-7-17-18(13-16)23-14-25(2)21(17)29/h3-8,13-14H,9-12H2,1-2H3. The number of pyridine rings is 1. The van der Waals surface area contributed by atoms with Crippen molar-refractivity contribution in [3.8, 4) is 0 Å². The zero-order valence-corrected chi connectivity index (χ0v) is 16.9. The molecule has 8 heteroatoms. The molecule has 0 atom stereocenters. The summed E-state index contributed by atoms with van der Waals surface area (Å²) in [4.78, 5) is 38.4. The van der Waals surface area contributed by atoms with Gasteiger partial charge in [0.25, 0.3) is 11.5 Å². The van der Waals surface area contributed by atoms with Crippen molar-refractivity contribution >= 4 is 28.1 Å². The number of piperazine rings is 1. The highest BCUT2D eigenvalue weighted by Crippen LogP contribution is 2.22. The van der Waals surface area contributed by atoms with E-state index in [-0.39, 0.29) is 11.5 Å². The molecule has 152 valence electrons. The summed E-state index contributed by atoms with van der Waals surface area (Å²) in [6, 6.07) is 11.5. The minimum Gasteiger partial charge on any atom is -0.368 e. The van der Waals surface area contributed by atoms with E-state index in [0.29, 0.717) is 29.7 Å². The Bertz CT molecular complexity index is 1330. The van der Waals surface area contributed by atoms with Crippen LogP contribution in [0.4, 0.5) is 5.69 Å². The van der Waals surface area contributed by atoms with Crippen molar-refractivity contribution in [1.29, 1.82) is 0 Å². The zero-order chi connectivity index (χ0) is 20.8. The fourth-order valence-electron chi connectivity index (χ4n) is 4.08. The number of hydrogen-bond acceptors (Lipinski definition) is 5. The van der Waals surface area contributed by atoms with E-state index < -0.39 is 0 Å². The Morgan fingerprint density at radius 1 is 1.07 bits per heavy atom. The fraction of sp³-hybridized carbons (Fsp3) is 0.273. The van der Waals surface area contributed by atoms with Gasteiger partial charge in [0.1, 0.15) is 11.3 Å². The van der Waals surface area contributed by atoms with E-state index in [0.717, 1.165) is 30.1 Å². The smallest absolute Gasteiger partial charge is 0.272 e. The Kier molecular flexibility index (Phi) is 4.27. The van der Waals surface area contributed by atoms with Crippen LogP contribution in [0.1, 0.15) is 16.2 Å². The zero-order valence-electron chi connectivity index (χ0n) is 16.9. The van der Waals surface area contributed by atoms with E-state index in [1.54, 1.807) is 13.4 Å². The van der Waals surface area contributed by atoms with Crippen LogP contribution in [0, 0.1) is 6.92 Å². The molecule has 0 bridgehead atoms. The summed E-state index contributed by atoms with van der Waals surface area (Å²) in [6.45, 7) is 4.57. The highest BCUT2D eigenvalue weighted by atomic mass is 16.2. The largest absolute Gasteiger partial charge is 0.368 e. The van der Waals surface area contributed by atoms with Crippen LogP contribution < -0.4 is 10.5 Å². The predicted octanol–water partition coefficient (Wildman–Crippen LogP) is 1.85. The molecule has 4 heterocycles. The summed E-state index contributed by atoms with van der Waals surface area (Å²) in [5.74, 6) is 0.00882. The third-order valence-corrected chi connectivity index (χ3v) is 5.74. The topological polar surface area (TPSA) is 75.7 Å². The fourth-order valence-corrected chi connectivity index (χ4v) is 4.08. The third kappa shape index (κ3) is 2.92. The van der Waals surface area contributed by atoms with Gasteiger partial charge in [-0.2, -0.15) is 0 Å². The van der Waals surface area contributed by atoms with E-state index in [9.17, 15) is 9.59 Å². The lowest BCUT2D eigenvalue weighted by atomic mass is 10.2. The molecule has 4 aromatic rings. The Balaban J connectivity index is 1.35. The minimum atomic E-state index is -0.0506. The van der Waals surface area contributed by atoms with Gasteiger partial charge in [-0.25, -0.2) is 9.97 Å². The van der Waals surface area contributed by atoms with Crippen LogP contribution in [0.15, 0.2) is 53.7 Å². The van der Waals surface area contributed by atoms with Crippen LogP contribution in [-0.2, 0) is 7.05 Å². The van der Waals surface area contributed by atoms with E-state index in [1.807, 2.05) is 58.8 Å². The van der Waals surface area contributed by atoms with E-state index in [2.05, 4.69) is 14.9 Å². The normalized spacial score (nSPS) is 14.6. The first-order chi connectivity index (χ1) is 14.5. The van der Waals surface area contributed by atoms with Gasteiger partial charge >= 0.3 is 0 Å². The summed E-state index contributed by atoms with van der Waals surface area (Å²) in [6.07, 6.45) is 3.43. The van der Waals surface area contributed by atoms with Crippen LogP contribution in [0.3, 0.4) is 0 Å². The number of hydrogen-bond donors (Lipinski definition) is 0. The van der Waals surface area contributed by atoms with Crippen molar-refractivity contribution in [2.75, 3.05) is 31.1 Å². The number of aryl methyl sites for hydroxylation is 2. The van der Waals surface area contributed by atoms with Crippen molar-refractivity contribution in [2.24, 2.45) is 7.05 Å². The number of fused-ring (bicyclic) bond motifs is 2. The monoisotopic (exact) mass is 402 g/mol. The van der Waals surface area contributed by atoms with Gasteiger partial charge in [0.05, 0.1) is 22.9 Å². The van der Waals surface area contributed by atoms with Crippen LogP contribution in [0.2, 0.25) is 0 Å². The van der Waals surface area contributed by atoms with Gasteiger partial charge < -0.3 is 14.4 Å². The summed E-state index contributed by atoms with van der Waals surface area (Å²) in [7, 11) is 1.70. The first-order valence-corrected chi connectivity index (χ1v) is 9.96. The van der Waals surface area contributed by atoms with Gasteiger partial charge in [0.15, 0.2) is 0 Å². The van der Waals surface area contributed by atoms with Crippen molar-refractivity contribution in [1.82, 2.24) is 23.8 Å². The number of aromatic nitrogens is 4. The van der Waals surface area contributed by atoms with E-state index >= 15 is 0 Å². The molecule has 0 spiro atoms. The molecule has 1 aliphatic rings. The Morgan fingerprint density at radius 2 is 1.87 bits per heavy atom. The third-order valence-electron chi connectivity index (χ3n) is 5.74. The van der Waals surface area contributed by atoms with Crippen molar-refractivity contribution in [2.45, 2.75) is 6.92 Å². The van der Waals surface area contributed by atoms with Crippen LogP contribution in [0.5, 0.6) is 0 Å². The van der Waals surface area contributed by atoms with Crippen LogP contribution >= 0.6 is 0 Å². The number of rotatable bonds is 2. The SMILES string of the molecule is Cc1nc2ccccn2c1C(=O)N1CCN(c2ccc3c(=O)n(C)cnc3c2)CC1. The molecule has 1 aromatic carbocycles. The number of nitrogens with zero attached hydrogens (tertiary/aromatic N) is 6. The average Bonchev–Trinajstić information content (AvgIpc) is 3.11. The Labute approximate surface area is 173 Å². The lowest BCUT2D eigenvalue weighted by Crippen LogP contribution is -2.49. The minimum absolute atomic E-state index is 0.00882. The first kappa shape index (κ1) is 18.4. The lowest BCUT2D eigenvalue weighted by Gasteiger charge is -2.36. The highest BCUT2D eigenvalue weighted by molar-refractivity contribution is 5.95. The Morgan fingerprint density at radius 3 is 2.67 bits per heavy atom. The summed E-state index contributed by atoms with van der Waals surface area (Å²) in [5.41, 5.74) is 3.81. The summed E-state index contributed by atoms with van der Waals surface area (Å²) < 4.78 is 3.34. The Hall–Kier alpha value is -3.68. The van der Waals surface area contributed by atoms with Gasteiger partial charge in [-0.15, -0.1) is 0 Å². The molecule has 1 aliphatic heterocycles. The second-order valence-corrected chi connectivity index (χ2v) is 7.62. The molecular weight excluding hydrogens is 380 g/mol.